The maximum absolute atomic E-state index is 4.94. The van der Waals surface area contributed by atoms with Gasteiger partial charge in [-0.25, -0.2) is 15.6 Å². The third-order valence-electron chi connectivity index (χ3n) is 0.545. The van der Waals surface area contributed by atoms with E-state index < -0.39 is 6.49 Å². The van der Waals surface area contributed by atoms with E-state index in [2.05, 4.69) is 15.6 Å². The van der Waals surface area contributed by atoms with Gasteiger partial charge in [0.1, 0.15) is 0 Å². The summed E-state index contributed by atoms with van der Waals surface area (Å²) in [5.41, 5.74) is 0. The molecule has 0 amide bonds. The molecule has 0 atom stereocenters. The molecule has 0 aliphatic rings. The van der Waals surface area contributed by atoms with Crippen LogP contribution in [-0.4, -0.2) is 0 Å². The first kappa shape index (κ1) is 8.41. The molecule has 6 nitrogen and oxygen atoms in total. The summed E-state index contributed by atoms with van der Waals surface area (Å²) in [5.74, 6) is 14.8. The standard InChI is InChI=1S/H9N6PS/c1-4-7(8,5-2)6-3/h1-3H2,(H3,4,5,6,8). The van der Waals surface area contributed by atoms with Gasteiger partial charge in [0.25, 0.3) is 0 Å². The topological polar surface area (TPSA) is 114 Å². The summed E-state index contributed by atoms with van der Waals surface area (Å²) in [4.78, 5) is 0. The smallest absolute Gasteiger partial charge is 0.176 e. The Morgan fingerprint density at radius 3 is 1.25 bits per heavy atom. The van der Waals surface area contributed by atoms with Gasteiger partial charge in [0.15, 0.2) is 6.49 Å². The molecule has 0 unspecified atom stereocenters. The highest BCUT2D eigenvalue weighted by atomic mass is 32.4. The number of nitrogens with one attached hydrogen (secondary N) is 3. The molecule has 0 aliphatic heterocycles. The Bertz CT molecular complexity index is 79.7. The molecule has 0 spiro atoms. The summed E-state index contributed by atoms with van der Waals surface area (Å²) in [6.45, 7) is -2.25. The Hall–Kier alpha value is 0.410. The van der Waals surface area contributed by atoms with E-state index in [1.807, 2.05) is 0 Å². The van der Waals surface area contributed by atoms with Crippen molar-refractivity contribution < 1.29 is 0 Å². The fourth-order valence-electron chi connectivity index (χ4n) is 0.112. The molecule has 0 fully saturated rings. The van der Waals surface area contributed by atoms with Gasteiger partial charge in [-0.3, -0.25) is 17.5 Å². The molecule has 0 heterocycles. The molecule has 0 saturated heterocycles. The lowest BCUT2D eigenvalue weighted by molar-refractivity contribution is 0.921. The van der Waals surface area contributed by atoms with E-state index in [9.17, 15) is 0 Å². The Kier molecular flexibility index (Phi) is 3.61. The van der Waals surface area contributed by atoms with E-state index in [0.29, 0.717) is 0 Å². The van der Waals surface area contributed by atoms with Gasteiger partial charge >= 0.3 is 0 Å². The van der Waals surface area contributed by atoms with Crippen molar-refractivity contribution in [2.24, 2.45) is 17.5 Å². The van der Waals surface area contributed by atoms with Gasteiger partial charge in [-0.2, -0.15) is 0 Å². The van der Waals surface area contributed by atoms with E-state index in [0.717, 1.165) is 0 Å². The van der Waals surface area contributed by atoms with Crippen molar-refractivity contribution in [3.8, 4) is 0 Å². The highest BCUT2D eigenvalue weighted by Crippen LogP contribution is 2.23. The number of hydrazine groups is 3. The molecule has 8 heavy (non-hydrogen) atoms. The minimum absolute atomic E-state index is 2.23. The number of hydrogen-bond donors (Lipinski definition) is 6. The third kappa shape index (κ3) is 2.12. The van der Waals surface area contributed by atoms with Gasteiger partial charge < -0.3 is 0 Å². The fraction of sp³-hybridized carbons (Fsp3) is 0. The lowest BCUT2D eigenvalue weighted by atomic mass is 12.9. The molecule has 0 rings (SSSR count). The zero-order chi connectivity index (χ0) is 6.62. The van der Waals surface area contributed by atoms with E-state index in [-0.39, 0.29) is 0 Å². The monoisotopic (exact) mass is 156 g/mol. The number of nitrogens with two attached hydrogens (primary N) is 3. The van der Waals surface area contributed by atoms with Crippen LogP contribution >= 0.6 is 6.49 Å². The van der Waals surface area contributed by atoms with Gasteiger partial charge in [-0.15, -0.1) is 0 Å². The summed E-state index contributed by atoms with van der Waals surface area (Å²) in [6.07, 6.45) is 0. The quantitative estimate of drug-likeness (QED) is 0.153. The van der Waals surface area contributed by atoms with Crippen molar-refractivity contribution in [3.05, 3.63) is 0 Å². The number of hydrogen-bond acceptors (Lipinski definition) is 4. The van der Waals surface area contributed by atoms with Crippen LogP contribution in [0.2, 0.25) is 0 Å². The molecular weight excluding hydrogens is 147 g/mol. The first-order valence-electron chi connectivity index (χ1n) is 1.72. The summed E-state index contributed by atoms with van der Waals surface area (Å²) in [7, 11) is 0. The van der Waals surface area contributed by atoms with Gasteiger partial charge in [0.05, 0.1) is 0 Å². The third-order valence-corrected chi connectivity index (χ3v) is 2.58. The van der Waals surface area contributed by atoms with E-state index in [1.165, 1.54) is 0 Å². The molecule has 0 aromatic heterocycles. The maximum Gasteiger partial charge on any atom is 0.176 e. The molecule has 0 bridgehead atoms. The molecule has 0 aliphatic carbocycles. The Labute approximate surface area is 52.2 Å². The molecule has 0 radical (unpaired) electrons. The van der Waals surface area contributed by atoms with E-state index in [4.69, 9.17) is 29.3 Å². The lowest BCUT2D eigenvalue weighted by Crippen LogP contribution is -2.41. The largest absolute Gasteiger partial charge is 0.265 e. The molecule has 50 valence electrons. The summed E-state index contributed by atoms with van der Waals surface area (Å²) < 4.78 is 0. The minimum Gasteiger partial charge on any atom is -0.265 e. The van der Waals surface area contributed by atoms with Crippen molar-refractivity contribution >= 4 is 18.3 Å². The van der Waals surface area contributed by atoms with E-state index in [1.54, 1.807) is 0 Å². The first-order chi connectivity index (χ1) is 3.68. The first-order valence-corrected chi connectivity index (χ1v) is 4.52. The Balaban J connectivity index is 3.79. The van der Waals surface area contributed by atoms with Crippen LogP contribution in [0.1, 0.15) is 0 Å². The molecule has 0 aromatic carbocycles. The van der Waals surface area contributed by atoms with E-state index >= 15 is 0 Å². The summed E-state index contributed by atoms with van der Waals surface area (Å²) >= 11 is 4.71. The molecular formula is H9N6PS. The second-order valence-electron chi connectivity index (χ2n) is 0.997. The lowest BCUT2D eigenvalue weighted by Gasteiger charge is -2.16. The minimum atomic E-state index is -2.25. The van der Waals surface area contributed by atoms with Crippen LogP contribution in [-0.2, 0) is 11.8 Å². The van der Waals surface area contributed by atoms with Gasteiger partial charge in [0, 0.05) is 0 Å². The molecule has 0 saturated carbocycles. The van der Waals surface area contributed by atoms with Gasteiger partial charge in [0.2, 0.25) is 0 Å². The van der Waals surface area contributed by atoms with Crippen LogP contribution < -0.4 is 33.1 Å². The van der Waals surface area contributed by atoms with Gasteiger partial charge in [-0.1, -0.05) is 0 Å². The van der Waals surface area contributed by atoms with Crippen LogP contribution in [0.25, 0.3) is 0 Å². The molecule has 9 N–H and O–H groups in total. The molecule has 0 aromatic rings. The summed E-state index contributed by atoms with van der Waals surface area (Å²) in [6, 6.07) is 0. The fourth-order valence-corrected chi connectivity index (χ4v) is 0.335. The second kappa shape index (κ2) is 3.44. The Morgan fingerprint density at radius 1 is 1.00 bits per heavy atom. The SMILES string of the molecule is NNP(=S)(NN)NN. The predicted molar refractivity (Wildman–Crippen MR) is 36.3 cm³/mol. The highest BCUT2D eigenvalue weighted by molar-refractivity contribution is 8.11. The average molecular weight is 156 g/mol. The predicted octanol–water partition coefficient (Wildman–Crippen LogP) is -2.40. The maximum atomic E-state index is 4.94. The van der Waals surface area contributed by atoms with Crippen molar-refractivity contribution in [2.45, 2.75) is 0 Å². The zero-order valence-corrected chi connectivity index (χ0v) is 5.80. The molecule has 8 heteroatoms. The summed E-state index contributed by atoms with van der Waals surface area (Å²) in [5, 5.41) is 6.69. The normalized spacial score (nSPS) is 11.9. The van der Waals surface area contributed by atoms with Crippen molar-refractivity contribution in [2.75, 3.05) is 0 Å². The van der Waals surface area contributed by atoms with Crippen LogP contribution in [0.3, 0.4) is 0 Å². The van der Waals surface area contributed by atoms with Crippen LogP contribution in [0.4, 0.5) is 0 Å². The van der Waals surface area contributed by atoms with Crippen molar-refractivity contribution in [1.29, 1.82) is 0 Å². The average Bonchev–Trinajstić information content (AvgIpc) is 1.87. The zero-order valence-electron chi connectivity index (χ0n) is 4.09. The van der Waals surface area contributed by atoms with Crippen molar-refractivity contribution in [3.63, 3.8) is 0 Å². The van der Waals surface area contributed by atoms with Gasteiger partial charge in [-0.05, 0) is 11.8 Å². The number of rotatable bonds is 3. The van der Waals surface area contributed by atoms with Crippen LogP contribution in [0, 0.1) is 0 Å². The second-order valence-corrected chi connectivity index (χ2v) is 4.63. The Morgan fingerprint density at radius 2 is 1.25 bits per heavy atom. The van der Waals surface area contributed by atoms with Crippen LogP contribution in [0.5, 0.6) is 0 Å². The highest BCUT2D eigenvalue weighted by Gasteiger charge is 2.06. The van der Waals surface area contributed by atoms with Crippen LogP contribution in [0.15, 0.2) is 0 Å². The van der Waals surface area contributed by atoms with Crippen molar-refractivity contribution in [1.82, 2.24) is 15.6 Å².